The summed E-state index contributed by atoms with van der Waals surface area (Å²) >= 11 is 0. The molecule has 1 aliphatic carbocycles. The van der Waals surface area contributed by atoms with Crippen LogP contribution in [0.25, 0.3) is 0 Å². The average Bonchev–Trinajstić information content (AvgIpc) is 3.51. The predicted octanol–water partition coefficient (Wildman–Crippen LogP) is 8.03. The maximum atomic E-state index is 13.8. The summed E-state index contributed by atoms with van der Waals surface area (Å²) in [6, 6.07) is 6.47. The number of halogens is 6. The van der Waals surface area contributed by atoms with Crippen LogP contribution in [0.4, 0.5) is 38.0 Å². The molecule has 1 aromatic heterocycles. The second kappa shape index (κ2) is 14.7. The molecular weight excluding hydrogens is 646 g/mol. The van der Waals surface area contributed by atoms with E-state index < -0.39 is 39.4 Å². The van der Waals surface area contributed by atoms with Crippen molar-refractivity contribution >= 4 is 21.5 Å². The highest BCUT2D eigenvalue weighted by Crippen LogP contribution is 2.40. The largest absolute Gasteiger partial charge is 0.489 e. The SMILES string of the molecule is CCN(CC1CCCC1)c1ccc(C)cc1CN(c1ncc(OCCS(C)(=O)=O)cn1)C(C)c1cc(C(F)(F)F)cc(C(F)(F)F)c1. The van der Waals surface area contributed by atoms with Gasteiger partial charge in [-0.1, -0.05) is 30.5 Å². The molecule has 14 heteroatoms. The zero-order valence-corrected chi connectivity index (χ0v) is 27.6. The summed E-state index contributed by atoms with van der Waals surface area (Å²) in [4.78, 5) is 12.6. The van der Waals surface area contributed by atoms with Gasteiger partial charge in [0.15, 0.2) is 15.6 Å². The lowest BCUT2D eigenvalue weighted by Gasteiger charge is -2.34. The third-order valence-electron chi connectivity index (χ3n) is 8.41. The quantitative estimate of drug-likeness (QED) is 0.169. The summed E-state index contributed by atoms with van der Waals surface area (Å²) in [7, 11) is -3.28. The summed E-state index contributed by atoms with van der Waals surface area (Å²) in [5, 5.41) is 0. The monoisotopic (exact) mass is 686 g/mol. The lowest BCUT2D eigenvalue weighted by atomic mass is 9.98. The van der Waals surface area contributed by atoms with Gasteiger partial charge in [-0.15, -0.1) is 0 Å². The van der Waals surface area contributed by atoms with Crippen LogP contribution in [0, 0.1) is 12.8 Å². The van der Waals surface area contributed by atoms with Crippen LogP contribution in [0.15, 0.2) is 48.8 Å². The molecule has 0 radical (unpaired) electrons. The minimum absolute atomic E-state index is 0.0465. The first-order chi connectivity index (χ1) is 21.9. The molecule has 1 unspecified atom stereocenters. The number of alkyl halides is 6. The molecule has 0 spiro atoms. The van der Waals surface area contributed by atoms with E-state index in [0.29, 0.717) is 12.5 Å². The second-order valence-electron chi connectivity index (χ2n) is 12.2. The van der Waals surface area contributed by atoms with Gasteiger partial charge in [0.1, 0.15) is 6.61 Å². The van der Waals surface area contributed by atoms with Crippen molar-refractivity contribution in [1.82, 2.24) is 9.97 Å². The van der Waals surface area contributed by atoms with Gasteiger partial charge in [0.05, 0.1) is 35.3 Å². The van der Waals surface area contributed by atoms with E-state index >= 15 is 0 Å². The highest BCUT2D eigenvalue weighted by atomic mass is 32.2. The van der Waals surface area contributed by atoms with E-state index in [1.54, 1.807) is 4.90 Å². The van der Waals surface area contributed by atoms with Crippen LogP contribution in [0.2, 0.25) is 0 Å². The fourth-order valence-electron chi connectivity index (χ4n) is 5.86. The van der Waals surface area contributed by atoms with Crippen molar-refractivity contribution in [2.75, 3.05) is 41.5 Å². The number of rotatable bonds is 13. The van der Waals surface area contributed by atoms with Gasteiger partial charge in [0.25, 0.3) is 0 Å². The van der Waals surface area contributed by atoms with E-state index in [4.69, 9.17) is 4.74 Å². The Hall–Kier alpha value is -3.55. The molecule has 7 nitrogen and oxygen atoms in total. The zero-order valence-electron chi connectivity index (χ0n) is 26.8. The summed E-state index contributed by atoms with van der Waals surface area (Å²) in [6.07, 6.45) is -1.73. The minimum Gasteiger partial charge on any atom is -0.489 e. The number of sulfone groups is 1. The smallest absolute Gasteiger partial charge is 0.416 e. The van der Waals surface area contributed by atoms with E-state index in [-0.39, 0.29) is 42.2 Å². The minimum atomic E-state index is -5.01. The molecule has 4 rings (SSSR count). The molecule has 0 aliphatic heterocycles. The molecule has 47 heavy (non-hydrogen) atoms. The molecule has 0 amide bonds. The maximum absolute atomic E-state index is 13.8. The fraction of sp³-hybridized carbons (Fsp3) is 0.515. The van der Waals surface area contributed by atoms with Gasteiger partial charge >= 0.3 is 12.4 Å². The molecule has 3 aromatic rings. The standard InChI is InChI=1S/C33H40F6N4O3S/c1-5-42(20-24-8-6-7-9-24)30-11-10-22(2)14-26(30)21-43(31-40-18-29(19-41-31)46-12-13-47(4,44)45)23(3)25-15-27(32(34,35)36)17-28(16-25)33(37,38)39/h10-11,14-19,23-24H,5-9,12-13,20-21H2,1-4H3. The van der Waals surface area contributed by atoms with Crippen molar-refractivity contribution in [3.8, 4) is 5.75 Å². The molecule has 258 valence electrons. The highest BCUT2D eigenvalue weighted by Gasteiger charge is 2.38. The Morgan fingerprint density at radius 1 is 0.957 bits per heavy atom. The van der Waals surface area contributed by atoms with Crippen LogP contribution in [-0.4, -0.2) is 50.1 Å². The molecule has 1 atom stereocenters. The van der Waals surface area contributed by atoms with E-state index in [1.165, 1.54) is 32.2 Å². The maximum Gasteiger partial charge on any atom is 0.416 e. The number of benzene rings is 2. The molecule has 1 aliphatic rings. The highest BCUT2D eigenvalue weighted by molar-refractivity contribution is 7.90. The van der Waals surface area contributed by atoms with E-state index in [0.717, 1.165) is 54.6 Å². The van der Waals surface area contributed by atoms with Gasteiger partial charge in [-0.25, -0.2) is 18.4 Å². The molecule has 0 N–H and O–H groups in total. The number of ether oxygens (including phenoxy) is 1. The van der Waals surface area contributed by atoms with Crippen LogP contribution in [-0.2, 0) is 28.7 Å². The first kappa shape index (κ1) is 36.3. The summed E-state index contributed by atoms with van der Waals surface area (Å²) < 4.78 is 111. The molecule has 0 saturated heterocycles. The first-order valence-electron chi connectivity index (χ1n) is 15.5. The third-order valence-corrected chi connectivity index (χ3v) is 9.31. The topological polar surface area (TPSA) is 75.6 Å². The van der Waals surface area contributed by atoms with Crippen molar-refractivity contribution in [1.29, 1.82) is 0 Å². The summed E-state index contributed by atoms with van der Waals surface area (Å²) in [5.41, 5.74) is -0.358. The number of aromatic nitrogens is 2. The Kier molecular flexibility index (Phi) is 11.3. The number of hydrogen-bond acceptors (Lipinski definition) is 7. The Bertz CT molecular complexity index is 1580. The summed E-state index contributed by atoms with van der Waals surface area (Å²) in [5.74, 6) is 0.502. The van der Waals surface area contributed by atoms with Crippen molar-refractivity contribution in [2.45, 2.75) is 71.4 Å². The van der Waals surface area contributed by atoms with Crippen molar-refractivity contribution in [3.63, 3.8) is 0 Å². The van der Waals surface area contributed by atoms with Crippen LogP contribution < -0.4 is 14.5 Å². The van der Waals surface area contributed by atoms with Crippen LogP contribution >= 0.6 is 0 Å². The number of hydrogen-bond donors (Lipinski definition) is 0. The van der Waals surface area contributed by atoms with E-state index in [1.807, 2.05) is 32.0 Å². The first-order valence-corrected chi connectivity index (χ1v) is 17.5. The second-order valence-corrected chi connectivity index (χ2v) is 14.4. The van der Waals surface area contributed by atoms with Crippen LogP contribution in [0.5, 0.6) is 5.75 Å². The summed E-state index contributed by atoms with van der Waals surface area (Å²) in [6.45, 7) is 6.95. The Balaban J connectivity index is 1.77. The van der Waals surface area contributed by atoms with Gasteiger partial charge in [-0.2, -0.15) is 26.3 Å². The van der Waals surface area contributed by atoms with E-state index in [2.05, 4.69) is 14.9 Å². The fourth-order valence-corrected chi connectivity index (χ4v) is 6.25. The lowest BCUT2D eigenvalue weighted by molar-refractivity contribution is -0.143. The Morgan fingerprint density at radius 2 is 1.55 bits per heavy atom. The van der Waals surface area contributed by atoms with Crippen molar-refractivity contribution in [3.05, 3.63) is 76.6 Å². The van der Waals surface area contributed by atoms with Crippen molar-refractivity contribution in [2.24, 2.45) is 5.92 Å². The molecule has 1 saturated carbocycles. The van der Waals surface area contributed by atoms with Crippen LogP contribution in [0.1, 0.15) is 73.4 Å². The number of nitrogens with zero attached hydrogens (tertiary/aromatic N) is 4. The predicted molar refractivity (Wildman–Crippen MR) is 169 cm³/mol. The molecular formula is C33H40F6N4O3S. The third kappa shape index (κ3) is 9.97. The molecule has 2 aromatic carbocycles. The van der Waals surface area contributed by atoms with Gasteiger partial charge in [-0.3, -0.25) is 0 Å². The lowest BCUT2D eigenvalue weighted by Crippen LogP contribution is -2.32. The Labute approximate surface area is 271 Å². The molecule has 1 fully saturated rings. The van der Waals surface area contributed by atoms with Gasteiger partial charge in [-0.05, 0) is 74.9 Å². The number of anilines is 2. The van der Waals surface area contributed by atoms with Gasteiger partial charge in [0.2, 0.25) is 5.95 Å². The zero-order chi connectivity index (χ0) is 34.6. The molecule has 1 heterocycles. The Morgan fingerprint density at radius 3 is 2.09 bits per heavy atom. The van der Waals surface area contributed by atoms with Crippen LogP contribution in [0.3, 0.4) is 0 Å². The average molecular weight is 687 g/mol. The van der Waals surface area contributed by atoms with Gasteiger partial charge < -0.3 is 14.5 Å². The van der Waals surface area contributed by atoms with E-state index in [9.17, 15) is 34.8 Å². The van der Waals surface area contributed by atoms with Gasteiger partial charge in [0, 0.05) is 31.6 Å². The number of aryl methyl sites for hydroxylation is 1. The molecule has 0 bridgehead atoms. The van der Waals surface area contributed by atoms with Crippen molar-refractivity contribution < 1.29 is 39.5 Å². The normalized spacial score (nSPS) is 15.1.